The first-order valence-corrected chi connectivity index (χ1v) is 9.10. The van der Waals surface area contributed by atoms with Crippen LogP contribution in [-0.2, 0) is 6.61 Å². The first-order valence-electron chi connectivity index (χ1n) is 9.10. The molecule has 0 bridgehead atoms. The number of hydrogen-bond acceptors (Lipinski definition) is 2. The van der Waals surface area contributed by atoms with Crippen LogP contribution in [0.25, 0.3) is 10.8 Å². The van der Waals surface area contributed by atoms with E-state index >= 15 is 0 Å². The van der Waals surface area contributed by atoms with E-state index in [2.05, 4.69) is 19.1 Å². The maximum atomic E-state index is 9.17. The highest BCUT2D eigenvalue weighted by molar-refractivity contribution is 5.84. The van der Waals surface area contributed by atoms with Crippen LogP contribution in [0.5, 0.6) is 5.75 Å². The Kier molecular flexibility index (Phi) is 7.96. The average Bonchev–Trinajstić information content (AvgIpc) is 2.59. The summed E-state index contributed by atoms with van der Waals surface area (Å²) in [6, 6.07) is 12.2. The Hall–Kier alpha value is -1.54. The third-order valence-electron chi connectivity index (χ3n) is 4.33. The van der Waals surface area contributed by atoms with Gasteiger partial charge in [-0.1, -0.05) is 70.1 Å². The van der Waals surface area contributed by atoms with E-state index in [1.165, 1.54) is 44.9 Å². The van der Waals surface area contributed by atoms with Crippen molar-refractivity contribution in [2.45, 2.75) is 64.9 Å². The van der Waals surface area contributed by atoms with Crippen LogP contribution in [0.1, 0.15) is 63.9 Å². The molecular weight excluding hydrogens is 284 g/mol. The molecule has 126 valence electrons. The third kappa shape index (κ3) is 6.23. The fraction of sp³-hybridized carbons (Fsp3) is 0.524. The Labute approximate surface area is 140 Å². The fourth-order valence-electron chi connectivity index (χ4n) is 2.89. The molecule has 0 spiro atoms. The van der Waals surface area contributed by atoms with E-state index in [1.807, 2.05) is 24.3 Å². The molecular formula is C21H30O2. The van der Waals surface area contributed by atoms with Gasteiger partial charge in [-0.15, -0.1) is 0 Å². The highest BCUT2D eigenvalue weighted by Crippen LogP contribution is 2.22. The summed E-state index contributed by atoms with van der Waals surface area (Å²) in [6.07, 6.45) is 10.6. The Balaban J connectivity index is 1.67. The van der Waals surface area contributed by atoms with Crippen LogP contribution < -0.4 is 4.74 Å². The number of ether oxygens (including phenoxy) is 1. The molecule has 0 saturated heterocycles. The van der Waals surface area contributed by atoms with E-state index in [9.17, 15) is 5.11 Å². The van der Waals surface area contributed by atoms with Crippen molar-refractivity contribution in [1.82, 2.24) is 0 Å². The van der Waals surface area contributed by atoms with Crippen molar-refractivity contribution < 1.29 is 9.84 Å². The van der Waals surface area contributed by atoms with Crippen molar-refractivity contribution in [2.75, 3.05) is 6.61 Å². The van der Waals surface area contributed by atoms with Gasteiger partial charge in [0.15, 0.2) is 0 Å². The molecule has 2 aromatic carbocycles. The van der Waals surface area contributed by atoms with Crippen LogP contribution in [0, 0.1) is 0 Å². The second-order valence-electron chi connectivity index (χ2n) is 6.32. The molecule has 0 amide bonds. The van der Waals surface area contributed by atoms with Gasteiger partial charge < -0.3 is 9.84 Å². The molecule has 2 aromatic rings. The van der Waals surface area contributed by atoms with E-state index in [1.54, 1.807) is 0 Å². The highest BCUT2D eigenvalue weighted by atomic mass is 16.5. The van der Waals surface area contributed by atoms with Gasteiger partial charge in [-0.05, 0) is 41.0 Å². The lowest BCUT2D eigenvalue weighted by molar-refractivity contribution is 0.282. The second-order valence-corrected chi connectivity index (χ2v) is 6.32. The summed E-state index contributed by atoms with van der Waals surface area (Å²) in [5, 5.41) is 11.5. The Bertz CT molecular complexity index is 577. The smallest absolute Gasteiger partial charge is 0.119 e. The minimum Gasteiger partial charge on any atom is -0.494 e. The monoisotopic (exact) mass is 314 g/mol. The zero-order valence-electron chi connectivity index (χ0n) is 14.4. The minimum atomic E-state index is 0.0899. The van der Waals surface area contributed by atoms with Crippen LogP contribution >= 0.6 is 0 Å². The lowest BCUT2D eigenvalue weighted by atomic mass is 10.1. The molecule has 0 saturated carbocycles. The van der Waals surface area contributed by atoms with E-state index < -0.39 is 0 Å². The van der Waals surface area contributed by atoms with Gasteiger partial charge in [0.2, 0.25) is 0 Å². The third-order valence-corrected chi connectivity index (χ3v) is 4.33. The average molecular weight is 314 g/mol. The summed E-state index contributed by atoms with van der Waals surface area (Å²) in [5.74, 6) is 0.942. The molecule has 0 aromatic heterocycles. The van der Waals surface area contributed by atoms with Gasteiger partial charge >= 0.3 is 0 Å². The molecule has 2 nitrogen and oxygen atoms in total. The molecule has 23 heavy (non-hydrogen) atoms. The summed E-state index contributed by atoms with van der Waals surface area (Å²) in [7, 11) is 0. The molecule has 0 aliphatic heterocycles. The molecule has 0 aliphatic rings. The molecule has 0 atom stereocenters. The van der Waals surface area contributed by atoms with Crippen molar-refractivity contribution in [3.05, 3.63) is 42.0 Å². The maximum Gasteiger partial charge on any atom is 0.119 e. The number of rotatable bonds is 11. The van der Waals surface area contributed by atoms with E-state index in [-0.39, 0.29) is 6.61 Å². The lowest BCUT2D eigenvalue weighted by Gasteiger charge is -2.08. The topological polar surface area (TPSA) is 29.5 Å². The van der Waals surface area contributed by atoms with Crippen molar-refractivity contribution in [3.8, 4) is 5.75 Å². The molecule has 0 fully saturated rings. The van der Waals surface area contributed by atoms with E-state index in [4.69, 9.17) is 4.74 Å². The second kappa shape index (κ2) is 10.3. The first kappa shape index (κ1) is 17.8. The number of fused-ring (bicyclic) bond motifs is 1. The van der Waals surface area contributed by atoms with Crippen LogP contribution in [0.2, 0.25) is 0 Å². The largest absolute Gasteiger partial charge is 0.494 e. The summed E-state index contributed by atoms with van der Waals surface area (Å²) in [4.78, 5) is 0. The van der Waals surface area contributed by atoms with Gasteiger partial charge in [-0.25, -0.2) is 0 Å². The first-order chi connectivity index (χ1) is 11.3. The number of unbranched alkanes of at least 4 members (excludes halogenated alkanes) is 7. The van der Waals surface area contributed by atoms with Crippen LogP contribution in [-0.4, -0.2) is 11.7 Å². The van der Waals surface area contributed by atoms with Gasteiger partial charge in [0.05, 0.1) is 13.2 Å². The molecule has 0 radical (unpaired) electrons. The normalized spacial score (nSPS) is 11.0. The summed E-state index contributed by atoms with van der Waals surface area (Å²) < 4.78 is 5.87. The van der Waals surface area contributed by atoms with E-state index in [0.29, 0.717) is 0 Å². The Morgan fingerprint density at radius 2 is 1.43 bits per heavy atom. The lowest BCUT2D eigenvalue weighted by Crippen LogP contribution is -1.97. The zero-order chi connectivity index (χ0) is 16.3. The maximum absolute atomic E-state index is 9.17. The zero-order valence-corrected chi connectivity index (χ0v) is 14.4. The fourth-order valence-corrected chi connectivity index (χ4v) is 2.89. The number of aliphatic hydroxyl groups is 1. The molecule has 0 heterocycles. The van der Waals surface area contributed by atoms with Crippen molar-refractivity contribution in [3.63, 3.8) is 0 Å². The molecule has 2 heteroatoms. The summed E-state index contributed by atoms with van der Waals surface area (Å²) >= 11 is 0. The Morgan fingerprint density at radius 1 is 0.783 bits per heavy atom. The standard InChI is InChI=1S/C21H30O2/c1-2-3-4-5-6-7-8-9-14-23-21-13-12-19-15-18(17-22)10-11-20(19)16-21/h10-13,15-16,22H,2-9,14,17H2,1H3. The Morgan fingerprint density at radius 3 is 2.17 bits per heavy atom. The summed E-state index contributed by atoms with van der Waals surface area (Å²) in [5.41, 5.74) is 0.949. The van der Waals surface area contributed by atoms with Crippen LogP contribution in [0.4, 0.5) is 0 Å². The van der Waals surface area contributed by atoms with Gasteiger partial charge in [-0.2, -0.15) is 0 Å². The van der Waals surface area contributed by atoms with Crippen molar-refractivity contribution in [2.24, 2.45) is 0 Å². The molecule has 2 rings (SSSR count). The number of hydrogen-bond donors (Lipinski definition) is 1. The number of aliphatic hydroxyl groups excluding tert-OH is 1. The SMILES string of the molecule is CCCCCCCCCCOc1ccc2cc(CO)ccc2c1. The predicted octanol–water partition coefficient (Wildman–Crippen LogP) is 5.85. The predicted molar refractivity (Wildman–Crippen MR) is 98.0 cm³/mol. The van der Waals surface area contributed by atoms with Gasteiger partial charge in [-0.3, -0.25) is 0 Å². The number of benzene rings is 2. The van der Waals surface area contributed by atoms with Gasteiger partial charge in [0.1, 0.15) is 5.75 Å². The van der Waals surface area contributed by atoms with Crippen LogP contribution in [0.3, 0.4) is 0 Å². The van der Waals surface area contributed by atoms with E-state index in [0.717, 1.165) is 35.1 Å². The van der Waals surface area contributed by atoms with Crippen molar-refractivity contribution in [1.29, 1.82) is 0 Å². The summed E-state index contributed by atoms with van der Waals surface area (Å²) in [6.45, 7) is 3.15. The molecule has 1 N–H and O–H groups in total. The molecule has 0 unspecified atom stereocenters. The van der Waals surface area contributed by atoms with Gasteiger partial charge in [0, 0.05) is 0 Å². The minimum absolute atomic E-state index is 0.0899. The molecule has 0 aliphatic carbocycles. The van der Waals surface area contributed by atoms with Gasteiger partial charge in [0.25, 0.3) is 0 Å². The highest BCUT2D eigenvalue weighted by Gasteiger charge is 1.99. The van der Waals surface area contributed by atoms with Crippen LogP contribution in [0.15, 0.2) is 36.4 Å². The van der Waals surface area contributed by atoms with Crippen molar-refractivity contribution >= 4 is 10.8 Å². The quantitative estimate of drug-likeness (QED) is 0.527.